The van der Waals surface area contributed by atoms with Crippen molar-refractivity contribution >= 4 is 21.7 Å². The van der Waals surface area contributed by atoms with E-state index in [1.807, 2.05) is 12.1 Å². The third-order valence-electron chi connectivity index (χ3n) is 3.90. The highest BCUT2D eigenvalue weighted by molar-refractivity contribution is 7.89. The molecule has 0 saturated carbocycles. The molecule has 0 aliphatic carbocycles. The number of para-hydroxylation sites is 1. The minimum absolute atomic E-state index is 0.148. The van der Waals surface area contributed by atoms with Crippen LogP contribution in [0.4, 0.5) is 5.69 Å². The Bertz CT molecular complexity index is 801. The molecule has 0 spiro atoms. The Kier molecular flexibility index (Phi) is 6.55. The number of piperidine rings is 1. The molecule has 25 heavy (non-hydrogen) atoms. The standard InChI is InChI=1S/C12H15NO2.C6H7NO2S/c14-12(15)10-6-2-3-7-11(10)13-8-4-1-5-9-13;7-10(8,9)6-4-2-1-3-5-6/h2-3,6-7H,1,4-5,8-9H2,(H,14,15);1-5H,(H2,7,8,9). The summed E-state index contributed by atoms with van der Waals surface area (Å²) in [5.74, 6) is -0.837. The molecule has 1 aliphatic rings. The first-order valence-electron chi connectivity index (χ1n) is 8.04. The predicted octanol–water partition coefficient (Wildman–Crippen LogP) is 2.71. The van der Waals surface area contributed by atoms with Crippen LogP contribution in [-0.4, -0.2) is 32.6 Å². The number of nitrogens with zero attached hydrogens (tertiary/aromatic N) is 1. The van der Waals surface area contributed by atoms with E-state index in [9.17, 15) is 13.2 Å². The third-order valence-corrected chi connectivity index (χ3v) is 4.83. The molecule has 0 unspecified atom stereocenters. The highest BCUT2D eigenvalue weighted by Gasteiger charge is 2.16. The molecule has 0 radical (unpaired) electrons. The fourth-order valence-corrected chi connectivity index (χ4v) is 3.21. The van der Waals surface area contributed by atoms with Gasteiger partial charge in [0.25, 0.3) is 0 Å². The van der Waals surface area contributed by atoms with Gasteiger partial charge in [-0.15, -0.1) is 0 Å². The number of anilines is 1. The Morgan fingerprint density at radius 3 is 2.00 bits per heavy atom. The maximum atomic E-state index is 11.0. The lowest BCUT2D eigenvalue weighted by Gasteiger charge is -2.29. The van der Waals surface area contributed by atoms with Crippen molar-refractivity contribution in [1.82, 2.24) is 0 Å². The molecule has 2 aromatic rings. The SMILES string of the molecule is NS(=O)(=O)c1ccccc1.O=C(O)c1ccccc1N1CCCCC1. The van der Waals surface area contributed by atoms with Gasteiger partial charge in [-0.3, -0.25) is 0 Å². The van der Waals surface area contributed by atoms with Gasteiger partial charge in [0.15, 0.2) is 0 Å². The van der Waals surface area contributed by atoms with Crippen LogP contribution in [-0.2, 0) is 10.0 Å². The molecule has 6 nitrogen and oxygen atoms in total. The molecule has 1 heterocycles. The molecule has 0 amide bonds. The van der Waals surface area contributed by atoms with Gasteiger partial charge in [0.05, 0.1) is 16.1 Å². The maximum Gasteiger partial charge on any atom is 0.337 e. The number of hydrogen-bond donors (Lipinski definition) is 2. The summed E-state index contributed by atoms with van der Waals surface area (Å²) in [6, 6.07) is 15.1. The second-order valence-corrected chi connectivity index (χ2v) is 7.29. The number of carboxylic acid groups (broad SMARTS) is 1. The zero-order valence-electron chi connectivity index (χ0n) is 13.8. The molecule has 0 atom stereocenters. The van der Waals surface area contributed by atoms with Gasteiger partial charge in [0.1, 0.15) is 0 Å². The van der Waals surface area contributed by atoms with Crippen LogP contribution in [0.2, 0.25) is 0 Å². The molecular formula is C18H22N2O4S. The van der Waals surface area contributed by atoms with Crippen LogP contribution in [0.5, 0.6) is 0 Å². The van der Waals surface area contributed by atoms with E-state index in [-0.39, 0.29) is 4.90 Å². The van der Waals surface area contributed by atoms with E-state index >= 15 is 0 Å². The Morgan fingerprint density at radius 2 is 1.48 bits per heavy atom. The maximum absolute atomic E-state index is 11.0. The lowest BCUT2D eigenvalue weighted by atomic mass is 10.1. The number of carbonyl (C=O) groups is 1. The smallest absolute Gasteiger partial charge is 0.337 e. The summed E-state index contributed by atoms with van der Waals surface area (Å²) >= 11 is 0. The average molecular weight is 362 g/mol. The molecule has 3 rings (SSSR count). The molecule has 1 saturated heterocycles. The Labute approximate surface area is 147 Å². The van der Waals surface area contributed by atoms with Crippen LogP contribution in [0.25, 0.3) is 0 Å². The van der Waals surface area contributed by atoms with E-state index in [0.29, 0.717) is 5.56 Å². The van der Waals surface area contributed by atoms with Crippen LogP contribution in [0.3, 0.4) is 0 Å². The monoisotopic (exact) mass is 362 g/mol. The number of benzene rings is 2. The van der Waals surface area contributed by atoms with Crippen molar-refractivity contribution in [2.75, 3.05) is 18.0 Å². The molecule has 2 aromatic carbocycles. The van der Waals surface area contributed by atoms with Gasteiger partial charge in [-0.2, -0.15) is 0 Å². The summed E-state index contributed by atoms with van der Waals surface area (Å²) in [4.78, 5) is 13.4. The Hall–Kier alpha value is -2.38. The van der Waals surface area contributed by atoms with E-state index in [1.165, 1.54) is 18.6 Å². The molecule has 3 N–H and O–H groups in total. The molecule has 0 aromatic heterocycles. The first kappa shape index (κ1) is 19.0. The first-order valence-corrected chi connectivity index (χ1v) is 9.59. The second-order valence-electron chi connectivity index (χ2n) is 5.73. The van der Waals surface area contributed by atoms with Crippen molar-refractivity contribution in [3.05, 3.63) is 60.2 Å². The van der Waals surface area contributed by atoms with Gasteiger partial charge in [0, 0.05) is 13.1 Å². The third kappa shape index (κ3) is 5.58. The molecule has 0 bridgehead atoms. The number of primary sulfonamides is 1. The van der Waals surface area contributed by atoms with Gasteiger partial charge >= 0.3 is 5.97 Å². The highest BCUT2D eigenvalue weighted by atomic mass is 32.2. The van der Waals surface area contributed by atoms with Crippen molar-refractivity contribution in [3.63, 3.8) is 0 Å². The van der Waals surface area contributed by atoms with E-state index < -0.39 is 16.0 Å². The van der Waals surface area contributed by atoms with Crippen molar-refractivity contribution in [2.24, 2.45) is 5.14 Å². The zero-order valence-corrected chi connectivity index (χ0v) is 14.7. The largest absolute Gasteiger partial charge is 0.478 e. The summed E-state index contributed by atoms with van der Waals surface area (Å²) in [5.41, 5.74) is 1.28. The molecule has 1 fully saturated rings. The van der Waals surface area contributed by atoms with E-state index in [1.54, 1.807) is 30.3 Å². The van der Waals surface area contributed by atoms with Gasteiger partial charge < -0.3 is 10.0 Å². The summed E-state index contributed by atoms with van der Waals surface area (Å²) in [6.07, 6.45) is 3.58. The van der Waals surface area contributed by atoms with Crippen molar-refractivity contribution < 1.29 is 18.3 Å². The van der Waals surface area contributed by atoms with Gasteiger partial charge in [-0.05, 0) is 43.5 Å². The number of rotatable bonds is 3. The fraction of sp³-hybridized carbons (Fsp3) is 0.278. The van der Waals surface area contributed by atoms with Gasteiger partial charge in [-0.1, -0.05) is 30.3 Å². The number of hydrogen-bond acceptors (Lipinski definition) is 4. The normalized spacial score (nSPS) is 14.4. The van der Waals surface area contributed by atoms with E-state index in [4.69, 9.17) is 10.2 Å². The topological polar surface area (TPSA) is 101 Å². The molecule has 134 valence electrons. The van der Waals surface area contributed by atoms with Crippen LogP contribution in [0.1, 0.15) is 29.6 Å². The lowest BCUT2D eigenvalue weighted by Crippen LogP contribution is -2.30. The summed E-state index contributed by atoms with van der Waals surface area (Å²) in [7, 11) is -3.50. The Balaban J connectivity index is 0.000000196. The van der Waals surface area contributed by atoms with Crippen LogP contribution in [0, 0.1) is 0 Å². The summed E-state index contributed by atoms with van der Waals surface area (Å²) in [6.45, 7) is 1.95. The van der Waals surface area contributed by atoms with Crippen molar-refractivity contribution in [3.8, 4) is 0 Å². The first-order chi connectivity index (χ1) is 11.9. The lowest BCUT2D eigenvalue weighted by molar-refractivity contribution is 0.0697. The van der Waals surface area contributed by atoms with Crippen molar-refractivity contribution in [2.45, 2.75) is 24.2 Å². The van der Waals surface area contributed by atoms with Crippen molar-refractivity contribution in [1.29, 1.82) is 0 Å². The van der Waals surface area contributed by atoms with E-state index in [0.717, 1.165) is 31.6 Å². The zero-order chi connectivity index (χ0) is 18.3. The minimum atomic E-state index is -3.50. The number of sulfonamides is 1. The van der Waals surface area contributed by atoms with Crippen LogP contribution >= 0.6 is 0 Å². The number of aromatic carboxylic acids is 1. The number of nitrogens with two attached hydrogens (primary N) is 1. The predicted molar refractivity (Wildman–Crippen MR) is 97.3 cm³/mol. The molecular weight excluding hydrogens is 340 g/mol. The van der Waals surface area contributed by atoms with E-state index in [2.05, 4.69) is 4.90 Å². The minimum Gasteiger partial charge on any atom is -0.478 e. The fourth-order valence-electron chi connectivity index (χ4n) is 2.68. The molecule has 1 aliphatic heterocycles. The summed E-state index contributed by atoms with van der Waals surface area (Å²) in [5, 5.41) is 13.9. The van der Waals surface area contributed by atoms with Crippen LogP contribution in [0.15, 0.2) is 59.5 Å². The quantitative estimate of drug-likeness (QED) is 0.874. The number of carboxylic acids is 1. The summed E-state index contributed by atoms with van der Waals surface area (Å²) < 4.78 is 21.2. The average Bonchev–Trinajstić information content (AvgIpc) is 2.63. The Morgan fingerprint density at radius 1 is 0.920 bits per heavy atom. The van der Waals surface area contributed by atoms with Crippen LogP contribution < -0.4 is 10.0 Å². The molecule has 7 heteroatoms. The van der Waals surface area contributed by atoms with Gasteiger partial charge in [0.2, 0.25) is 10.0 Å². The highest BCUT2D eigenvalue weighted by Crippen LogP contribution is 2.23. The van der Waals surface area contributed by atoms with Gasteiger partial charge in [-0.25, -0.2) is 18.4 Å². The second kappa shape index (κ2) is 8.64.